The number of hydrogen-bond donors (Lipinski definition) is 0. The minimum absolute atomic E-state index is 0.0224. The van der Waals surface area contributed by atoms with Gasteiger partial charge in [-0.05, 0) is 28.0 Å². The first-order valence-electron chi connectivity index (χ1n) is 7.79. The summed E-state index contributed by atoms with van der Waals surface area (Å²) in [7, 11) is 0. The largest absolute Gasteiger partial charge is 0.868 e. The second-order valence-electron chi connectivity index (χ2n) is 5.95. The highest BCUT2D eigenvalue weighted by atomic mass is 16.3. The first-order valence-corrected chi connectivity index (χ1v) is 7.79. The van der Waals surface area contributed by atoms with Crippen molar-refractivity contribution in [1.82, 2.24) is 0 Å². The fourth-order valence-electron chi connectivity index (χ4n) is 3.19. The van der Waals surface area contributed by atoms with E-state index < -0.39 is 0 Å². The van der Waals surface area contributed by atoms with E-state index in [4.69, 9.17) is 0 Å². The van der Waals surface area contributed by atoms with Gasteiger partial charge in [0.2, 0.25) is 0 Å². The Balaban J connectivity index is 1.77. The summed E-state index contributed by atoms with van der Waals surface area (Å²) in [5.74, 6) is 0.0224. The SMILES string of the molecule is Cc1cc2c(c[n+]1/C=C(\[O-])c1ccccc1)Cc1ccccc1-2. The Labute approximate surface area is 136 Å². The molecular formula is C21H17NO. The maximum atomic E-state index is 12.4. The molecule has 1 aliphatic rings. The monoisotopic (exact) mass is 299 g/mol. The average molecular weight is 299 g/mol. The smallest absolute Gasteiger partial charge is 0.184 e. The molecule has 112 valence electrons. The molecule has 1 aliphatic carbocycles. The molecule has 1 heterocycles. The van der Waals surface area contributed by atoms with Crippen molar-refractivity contribution < 1.29 is 9.67 Å². The standard InChI is InChI=1S/C21H17NO/c1-15-11-20-18(12-17-9-5-6-10-19(17)20)13-22(15)14-21(23)16-7-3-2-4-8-16/h2-11,13-14H,12H2,1H3/b21-14-. The number of hydrogen-bond acceptors (Lipinski definition) is 1. The molecule has 0 radical (unpaired) electrons. The van der Waals surface area contributed by atoms with E-state index in [9.17, 15) is 5.11 Å². The number of rotatable bonds is 2. The molecule has 0 aliphatic heterocycles. The Morgan fingerprint density at radius 2 is 1.70 bits per heavy atom. The number of nitrogens with zero attached hydrogens (tertiary/aromatic N) is 1. The Hall–Kier alpha value is -2.87. The number of aryl methyl sites for hydroxylation is 1. The van der Waals surface area contributed by atoms with E-state index in [0.29, 0.717) is 5.56 Å². The highest BCUT2D eigenvalue weighted by Gasteiger charge is 2.22. The molecule has 4 rings (SSSR count). The minimum Gasteiger partial charge on any atom is -0.868 e. The molecule has 23 heavy (non-hydrogen) atoms. The van der Waals surface area contributed by atoms with Crippen LogP contribution in [-0.4, -0.2) is 0 Å². The van der Waals surface area contributed by atoms with Crippen molar-refractivity contribution >= 4 is 12.0 Å². The van der Waals surface area contributed by atoms with Crippen molar-refractivity contribution in [3.8, 4) is 11.1 Å². The average Bonchev–Trinajstić information content (AvgIpc) is 2.93. The summed E-state index contributed by atoms with van der Waals surface area (Å²) in [6.07, 6.45) is 4.69. The highest BCUT2D eigenvalue weighted by molar-refractivity contribution is 5.76. The topological polar surface area (TPSA) is 26.9 Å². The fraction of sp³-hybridized carbons (Fsp3) is 0.0952. The van der Waals surface area contributed by atoms with Crippen LogP contribution in [0.4, 0.5) is 0 Å². The molecule has 0 unspecified atom stereocenters. The maximum Gasteiger partial charge on any atom is 0.184 e. The van der Waals surface area contributed by atoms with Crippen LogP contribution in [0.15, 0.2) is 66.9 Å². The van der Waals surface area contributed by atoms with Crippen LogP contribution in [0.2, 0.25) is 0 Å². The van der Waals surface area contributed by atoms with E-state index in [2.05, 4.69) is 36.5 Å². The fourth-order valence-corrected chi connectivity index (χ4v) is 3.19. The van der Waals surface area contributed by atoms with Crippen molar-refractivity contribution in [2.75, 3.05) is 0 Å². The van der Waals surface area contributed by atoms with E-state index in [0.717, 1.165) is 12.1 Å². The van der Waals surface area contributed by atoms with Crippen molar-refractivity contribution in [3.05, 3.63) is 89.2 Å². The van der Waals surface area contributed by atoms with Crippen LogP contribution in [0.25, 0.3) is 23.1 Å². The Bertz CT molecular complexity index is 910. The molecule has 1 aromatic heterocycles. The molecule has 3 aromatic rings. The van der Waals surface area contributed by atoms with Crippen molar-refractivity contribution in [2.45, 2.75) is 13.3 Å². The molecular weight excluding hydrogens is 282 g/mol. The molecule has 0 bridgehead atoms. The van der Waals surface area contributed by atoms with Gasteiger partial charge in [-0.2, -0.15) is 4.57 Å². The highest BCUT2D eigenvalue weighted by Crippen LogP contribution is 2.35. The second-order valence-corrected chi connectivity index (χ2v) is 5.95. The zero-order valence-corrected chi connectivity index (χ0v) is 13.0. The van der Waals surface area contributed by atoms with Gasteiger partial charge in [0.15, 0.2) is 18.1 Å². The van der Waals surface area contributed by atoms with Crippen molar-refractivity contribution in [1.29, 1.82) is 0 Å². The predicted molar refractivity (Wildman–Crippen MR) is 90.2 cm³/mol. The molecule has 0 amide bonds. The van der Waals surface area contributed by atoms with Crippen LogP contribution in [0.1, 0.15) is 22.4 Å². The normalized spacial score (nSPS) is 12.8. The van der Waals surface area contributed by atoms with E-state index in [1.165, 1.54) is 22.3 Å². The third-order valence-electron chi connectivity index (χ3n) is 4.40. The Morgan fingerprint density at radius 1 is 0.957 bits per heavy atom. The summed E-state index contributed by atoms with van der Waals surface area (Å²) in [5.41, 5.74) is 7.00. The van der Waals surface area contributed by atoms with Gasteiger partial charge < -0.3 is 5.11 Å². The number of benzene rings is 2. The second kappa shape index (κ2) is 5.40. The summed E-state index contributed by atoms with van der Waals surface area (Å²) >= 11 is 0. The molecule has 2 heteroatoms. The molecule has 2 nitrogen and oxygen atoms in total. The number of fused-ring (bicyclic) bond motifs is 3. The van der Waals surface area contributed by atoms with E-state index in [1.807, 2.05) is 41.8 Å². The van der Waals surface area contributed by atoms with E-state index in [-0.39, 0.29) is 5.76 Å². The third kappa shape index (κ3) is 2.42. The van der Waals surface area contributed by atoms with Crippen molar-refractivity contribution in [3.63, 3.8) is 0 Å². The van der Waals surface area contributed by atoms with E-state index in [1.54, 1.807) is 6.20 Å². The summed E-state index contributed by atoms with van der Waals surface area (Å²) in [5, 5.41) is 12.4. The first-order chi connectivity index (χ1) is 11.2. The predicted octanol–water partition coefficient (Wildman–Crippen LogP) is 3.17. The lowest BCUT2D eigenvalue weighted by Crippen LogP contribution is -2.32. The van der Waals surface area contributed by atoms with Gasteiger partial charge in [-0.3, -0.25) is 0 Å². The summed E-state index contributed by atoms with van der Waals surface area (Å²) < 4.78 is 1.94. The molecule has 0 spiro atoms. The van der Waals surface area contributed by atoms with Gasteiger partial charge >= 0.3 is 0 Å². The number of aromatic nitrogens is 1. The summed E-state index contributed by atoms with van der Waals surface area (Å²) in [4.78, 5) is 0. The van der Waals surface area contributed by atoms with Crippen LogP contribution in [-0.2, 0) is 6.42 Å². The third-order valence-corrected chi connectivity index (χ3v) is 4.40. The zero-order valence-electron chi connectivity index (χ0n) is 13.0. The molecule has 0 saturated heterocycles. The van der Waals surface area contributed by atoms with Gasteiger partial charge in [0.1, 0.15) is 0 Å². The molecule has 0 atom stereocenters. The van der Waals surface area contributed by atoms with Gasteiger partial charge in [-0.1, -0.05) is 54.6 Å². The summed E-state index contributed by atoms with van der Waals surface area (Å²) in [6.45, 7) is 2.04. The van der Waals surface area contributed by atoms with Crippen molar-refractivity contribution in [2.24, 2.45) is 0 Å². The minimum atomic E-state index is 0.0224. The maximum absolute atomic E-state index is 12.4. The Morgan fingerprint density at radius 3 is 2.52 bits per heavy atom. The van der Waals surface area contributed by atoms with Gasteiger partial charge in [0.05, 0.1) is 0 Å². The zero-order chi connectivity index (χ0) is 15.8. The lowest BCUT2D eigenvalue weighted by molar-refractivity contribution is -0.577. The van der Waals surface area contributed by atoms with Crippen LogP contribution in [0.3, 0.4) is 0 Å². The van der Waals surface area contributed by atoms with Gasteiger partial charge in [0, 0.05) is 25.0 Å². The van der Waals surface area contributed by atoms with Gasteiger partial charge in [-0.15, -0.1) is 0 Å². The Kier molecular flexibility index (Phi) is 3.23. The summed E-state index contributed by atoms with van der Waals surface area (Å²) in [6, 6.07) is 20.1. The molecule has 2 aromatic carbocycles. The number of pyridine rings is 1. The molecule has 0 N–H and O–H groups in total. The lowest BCUT2D eigenvalue weighted by Gasteiger charge is -2.10. The van der Waals surface area contributed by atoms with Gasteiger partial charge in [0.25, 0.3) is 0 Å². The quantitative estimate of drug-likeness (QED) is 0.412. The van der Waals surface area contributed by atoms with Crippen LogP contribution in [0.5, 0.6) is 0 Å². The van der Waals surface area contributed by atoms with E-state index >= 15 is 0 Å². The molecule has 0 saturated carbocycles. The molecule has 0 fully saturated rings. The van der Waals surface area contributed by atoms with Crippen LogP contribution in [0, 0.1) is 6.92 Å². The van der Waals surface area contributed by atoms with Gasteiger partial charge in [-0.25, -0.2) is 0 Å². The van der Waals surface area contributed by atoms with Crippen LogP contribution >= 0.6 is 0 Å². The van der Waals surface area contributed by atoms with Crippen LogP contribution < -0.4 is 9.67 Å². The first kappa shape index (κ1) is 13.8. The lowest BCUT2D eigenvalue weighted by atomic mass is 10.1.